The van der Waals surface area contributed by atoms with Crippen LogP contribution in [0.3, 0.4) is 0 Å². The second-order valence-electron chi connectivity index (χ2n) is 6.39. The number of methoxy groups -OCH3 is 1. The lowest BCUT2D eigenvalue weighted by Gasteiger charge is -2.51. The zero-order chi connectivity index (χ0) is 16.2. The second-order valence-corrected chi connectivity index (χ2v) is 6.39. The van der Waals surface area contributed by atoms with Crippen molar-refractivity contribution in [2.45, 2.75) is 43.5 Å². The van der Waals surface area contributed by atoms with Crippen molar-refractivity contribution in [2.24, 2.45) is 0 Å². The number of carbonyl (C=O) groups is 1. The Hall–Kier alpha value is -1.89. The third kappa shape index (κ3) is 1.95. The molecule has 6 heteroatoms. The number of fused-ring (bicyclic) bond motifs is 1. The van der Waals surface area contributed by atoms with Gasteiger partial charge in [0.25, 0.3) is 0 Å². The highest BCUT2D eigenvalue weighted by Gasteiger charge is 2.70. The molecule has 0 unspecified atom stereocenters. The van der Waals surface area contributed by atoms with Gasteiger partial charge in [-0.05, 0) is 26.0 Å². The van der Waals surface area contributed by atoms with Crippen molar-refractivity contribution in [1.82, 2.24) is 0 Å². The van der Waals surface area contributed by atoms with Crippen molar-refractivity contribution in [3.63, 3.8) is 0 Å². The summed E-state index contributed by atoms with van der Waals surface area (Å²) in [5.41, 5.74) is -0.373. The predicted octanol–water partition coefficient (Wildman–Crippen LogP) is 1.81. The molecular weight excluding hydrogens is 298 g/mol. The number of nitrogens with zero attached hydrogens (tertiary/aromatic N) is 1. The van der Waals surface area contributed by atoms with Crippen molar-refractivity contribution in [3.8, 4) is 0 Å². The van der Waals surface area contributed by atoms with Crippen molar-refractivity contribution >= 4 is 11.7 Å². The molecule has 4 atom stereocenters. The average Bonchev–Trinajstić information content (AvgIpc) is 2.89. The Morgan fingerprint density at radius 2 is 1.96 bits per heavy atom. The van der Waals surface area contributed by atoms with Crippen molar-refractivity contribution in [1.29, 1.82) is 0 Å². The van der Waals surface area contributed by atoms with Gasteiger partial charge in [0, 0.05) is 0 Å². The van der Waals surface area contributed by atoms with Gasteiger partial charge < -0.3 is 14.2 Å². The largest absolute Gasteiger partial charge is 0.467 e. The minimum atomic E-state index is -1.27. The quantitative estimate of drug-likeness (QED) is 0.612. The Kier molecular flexibility index (Phi) is 3.07. The first-order valence-corrected chi connectivity index (χ1v) is 7.64. The van der Waals surface area contributed by atoms with E-state index in [1.807, 2.05) is 42.5 Å². The highest BCUT2D eigenvalue weighted by molar-refractivity contribution is 5.83. The maximum Gasteiger partial charge on any atom is 0.344 e. The van der Waals surface area contributed by atoms with Crippen LogP contribution in [0.1, 0.15) is 13.8 Å². The van der Waals surface area contributed by atoms with Gasteiger partial charge in [0.05, 0.1) is 12.8 Å². The van der Waals surface area contributed by atoms with Gasteiger partial charge in [0.15, 0.2) is 5.79 Å². The van der Waals surface area contributed by atoms with Gasteiger partial charge in [0.1, 0.15) is 18.2 Å². The summed E-state index contributed by atoms with van der Waals surface area (Å²) in [7, 11) is 1.35. The van der Waals surface area contributed by atoms with Crippen LogP contribution in [0, 0.1) is 0 Å². The van der Waals surface area contributed by atoms with Crippen LogP contribution < -0.4 is 5.06 Å². The number of hydrogen-bond acceptors (Lipinski definition) is 6. The fourth-order valence-corrected chi connectivity index (χ4v) is 3.63. The van der Waals surface area contributed by atoms with Crippen LogP contribution in [-0.2, 0) is 23.8 Å². The van der Waals surface area contributed by atoms with E-state index in [-0.39, 0.29) is 6.04 Å². The molecular formula is C17H19NO5. The van der Waals surface area contributed by atoms with Crippen LogP contribution in [0.2, 0.25) is 0 Å². The molecule has 0 saturated carbocycles. The molecule has 1 aliphatic carbocycles. The maximum absolute atomic E-state index is 12.5. The summed E-state index contributed by atoms with van der Waals surface area (Å²) in [6, 6.07) is 9.45. The van der Waals surface area contributed by atoms with E-state index in [1.54, 1.807) is 18.9 Å². The first-order chi connectivity index (χ1) is 11.0. The molecule has 23 heavy (non-hydrogen) atoms. The van der Waals surface area contributed by atoms with Crippen molar-refractivity contribution in [2.75, 3.05) is 12.2 Å². The molecule has 0 aromatic heterocycles. The summed E-state index contributed by atoms with van der Waals surface area (Å²) in [5, 5.41) is 1.78. The molecule has 0 N–H and O–H groups in total. The first kappa shape index (κ1) is 14.7. The summed E-state index contributed by atoms with van der Waals surface area (Å²) in [5.74, 6) is -1.36. The number of carbonyl (C=O) groups excluding carboxylic acids is 1. The first-order valence-electron chi connectivity index (χ1n) is 7.64. The molecule has 1 aromatic carbocycles. The van der Waals surface area contributed by atoms with E-state index < -0.39 is 29.6 Å². The molecule has 2 fully saturated rings. The molecule has 6 nitrogen and oxygen atoms in total. The van der Waals surface area contributed by atoms with Gasteiger partial charge in [-0.3, -0.25) is 4.84 Å². The summed E-state index contributed by atoms with van der Waals surface area (Å²) < 4.78 is 17.1. The van der Waals surface area contributed by atoms with Gasteiger partial charge >= 0.3 is 5.97 Å². The van der Waals surface area contributed by atoms with Crippen LogP contribution in [0.25, 0.3) is 0 Å². The van der Waals surface area contributed by atoms with Crippen molar-refractivity contribution in [3.05, 3.63) is 42.5 Å². The van der Waals surface area contributed by atoms with Gasteiger partial charge in [-0.15, -0.1) is 0 Å². The molecule has 4 aliphatic rings. The Bertz CT molecular complexity index is 658. The maximum atomic E-state index is 12.5. The highest BCUT2D eigenvalue weighted by Crippen LogP contribution is 2.50. The van der Waals surface area contributed by atoms with Crippen molar-refractivity contribution < 1.29 is 23.8 Å². The predicted molar refractivity (Wildman–Crippen MR) is 81.5 cm³/mol. The molecule has 0 amide bonds. The Labute approximate surface area is 134 Å². The molecule has 0 spiro atoms. The van der Waals surface area contributed by atoms with Gasteiger partial charge in [-0.1, -0.05) is 30.4 Å². The normalized spacial score (nSPS) is 36.8. The highest BCUT2D eigenvalue weighted by atomic mass is 16.8. The summed E-state index contributed by atoms with van der Waals surface area (Å²) in [6.45, 7) is 3.59. The molecule has 2 bridgehead atoms. The van der Waals surface area contributed by atoms with Gasteiger partial charge in [-0.25, -0.2) is 9.86 Å². The number of hydrogen-bond donors (Lipinski definition) is 0. The number of hydroxylamine groups is 1. The fraction of sp³-hybridized carbons (Fsp3) is 0.471. The minimum Gasteiger partial charge on any atom is -0.467 e. The second kappa shape index (κ2) is 4.80. The van der Waals surface area contributed by atoms with E-state index in [0.29, 0.717) is 0 Å². The van der Waals surface area contributed by atoms with E-state index in [4.69, 9.17) is 19.0 Å². The minimum absolute atomic E-state index is 0.275. The molecule has 2 saturated heterocycles. The zero-order valence-electron chi connectivity index (χ0n) is 13.3. The van der Waals surface area contributed by atoms with Crippen LogP contribution >= 0.6 is 0 Å². The Morgan fingerprint density at radius 1 is 1.22 bits per heavy atom. The SMILES string of the molecule is COC(=O)[C@@]12OC(C)(C)O[C@@H]1[C@@H]1C=C[C@H]2ON1c1ccccc1. The smallest absolute Gasteiger partial charge is 0.344 e. The molecule has 1 aromatic rings. The van der Waals surface area contributed by atoms with Crippen LogP contribution in [0.5, 0.6) is 0 Å². The van der Waals surface area contributed by atoms with Crippen LogP contribution in [0.15, 0.2) is 42.5 Å². The third-order valence-electron chi connectivity index (χ3n) is 4.48. The lowest BCUT2D eigenvalue weighted by atomic mass is 9.79. The number of rotatable bonds is 2. The molecule has 122 valence electrons. The lowest BCUT2D eigenvalue weighted by Crippen LogP contribution is -2.71. The summed E-state index contributed by atoms with van der Waals surface area (Å²) in [6.07, 6.45) is 2.74. The van der Waals surface area contributed by atoms with Crippen LogP contribution in [-0.4, -0.2) is 42.7 Å². The van der Waals surface area contributed by atoms with E-state index >= 15 is 0 Å². The Balaban J connectivity index is 1.78. The van der Waals surface area contributed by atoms with E-state index in [1.165, 1.54) is 7.11 Å². The molecule has 5 rings (SSSR count). The van der Waals surface area contributed by atoms with E-state index in [2.05, 4.69) is 0 Å². The fourth-order valence-electron chi connectivity index (χ4n) is 3.63. The number of benzene rings is 1. The standard InChI is InChI=1S/C17H19NO5/c1-16(2)21-14-12-9-10-13(17(14,23-16)15(19)20-3)22-18(12)11-7-5-4-6-8-11/h4-10,12-14H,1-3H3/t12-,13+,14+,17-/m0/s1. The average molecular weight is 317 g/mol. The number of para-hydroxylation sites is 1. The van der Waals surface area contributed by atoms with E-state index in [9.17, 15) is 4.79 Å². The summed E-state index contributed by atoms with van der Waals surface area (Å²) >= 11 is 0. The monoisotopic (exact) mass is 317 g/mol. The molecule has 0 radical (unpaired) electrons. The molecule has 3 aliphatic heterocycles. The lowest BCUT2D eigenvalue weighted by molar-refractivity contribution is -0.212. The van der Waals surface area contributed by atoms with E-state index in [0.717, 1.165) is 5.69 Å². The third-order valence-corrected chi connectivity index (χ3v) is 4.48. The van der Waals surface area contributed by atoms with Crippen LogP contribution in [0.4, 0.5) is 5.69 Å². The number of anilines is 1. The zero-order valence-corrected chi connectivity index (χ0v) is 13.3. The van der Waals surface area contributed by atoms with Gasteiger partial charge in [0.2, 0.25) is 5.60 Å². The summed E-state index contributed by atoms with van der Waals surface area (Å²) in [4.78, 5) is 18.6. The number of ether oxygens (including phenoxy) is 3. The molecule has 3 heterocycles. The number of esters is 1. The van der Waals surface area contributed by atoms with Gasteiger partial charge in [-0.2, -0.15) is 0 Å². The Morgan fingerprint density at radius 3 is 2.65 bits per heavy atom. The topological polar surface area (TPSA) is 57.2 Å².